The van der Waals surface area contributed by atoms with Crippen LogP contribution in [-0.2, 0) is 0 Å². The molecule has 1 N–H and O–H groups in total. The monoisotopic (exact) mass is 245 g/mol. The summed E-state index contributed by atoms with van der Waals surface area (Å²) in [5, 5.41) is 4.90. The summed E-state index contributed by atoms with van der Waals surface area (Å²) in [6, 6.07) is 8.67. The van der Waals surface area contributed by atoms with Crippen LogP contribution in [-0.4, -0.2) is 6.54 Å². The van der Waals surface area contributed by atoms with Crippen LogP contribution in [0.4, 0.5) is 0 Å². The van der Waals surface area contributed by atoms with Gasteiger partial charge in [-0.15, -0.1) is 0 Å². The molecule has 0 aliphatic carbocycles. The van der Waals surface area contributed by atoms with Gasteiger partial charge in [-0.3, -0.25) is 0 Å². The normalized spacial score (nSPS) is 14.8. The van der Waals surface area contributed by atoms with Gasteiger partial charge in [0, 0.05) is 17.0 Å². The fourth-order valence-corrected chi connectivity index (χ4v) is 2.39. The predicted molar refractivity (Wildman–Crippen MR) is 76.7 cm³/mol. The average Bonchev–Trinajstić information content (AvgIpc) is 2.83. The second-order valence-corrected chi connectivity index (χ2v) is 5.00. The molecule has 1 aromatic heterocycles. The molecule has 0 spiro atoms. The van der Waals surface area contributed by atoms with Crippen LogP contribution in [0.15, 0.2) is 34.9 Å². The van der Waals surface area contributed by atoms with E-state index in [1.54, 1.807) is 0 Å². The zero-order valence-electron chi connectivity index (χ0n) is 11.6. The highest BCUT2D eigenvalue weighted by atomic mass is 16.3. The molecule has 2 heteroatoms. The van der Waals surface area contributed by atoms with Crippen LogP contribution in [0.2, 0.25) is 0 Å². The van der Waals surface area contributed by atoms with E-state index in [0.717, 1.165) is 18.5 Å². The topological polar surface area (TPSA) is 25.2 Å². The van der Waals surface area contributed by atoms with E-state index >= 15 is 0 Å². The molecule has 0 amide bonds. The first-order valence-corrected chi connectivity index (χ1v) is 6.97. The van der Waals surface area contributed by atoms with E-state index in [9.17, 15) is 0 Å². The number of rotatable bonds is 6. The summed E-state index contributed by atoms with van der Waals surface area (Å²) in [6.45, 7) is 7.80. The number of fused-ring (bicyclic) bond motifs is 1. The molecule has 2 aromatic rings. The van der Waals surface area contributed by atoms with Crippen LogP contribution in [0.1, 0.15) is 45.2 Å². The summed E-state index contributed by atoms with van der Waals surface area (Å²) in [7, 11) is 0. The number of benzene rings is 1. The molecule has 1 heterocycles. The lowest BCUT2D eigenvalue weighted by molar-refractivity contribution is 0.376. The van der Waals surface area contributed by atoms with Crippen molar-refractivity contribution in [2.75, 3.05) is 6.54 Å². The van der Waals surface area contributed by atoms with Crippen molar-refractivity contribution in [3.63, 3.8) is 0 Å². The Morgan fingerprint density at radius 1 is 1.22 bits per heavy atom. The summed E-state index contributed by atoms with van der Waals surface area (Å²) in [5.41, 5.74) is 2.28. The van der Waals surface area contributed by atoms with Crippen molar-refractivity contribution in [3.8, 4) is 0 Å². The molecule has 0 radical (unpaired) electrons. The maximum Gasteiger partial charge on any atom is 0.134 e. The summed E-state index contributed by atoms with van der Waals surface area (Å²) < 4.78 is 5.66. The number of nitrogens with one attached hydrogen (secondary N) is 1. The largest absolute Gasteiger partial charge is 0.464 e. The molecule has 0 saturated heterocycles. The van der Waals surface area contributed by atoms with Crippen molar-refractivity contribution in [1.29, 1.82) is 0 Å². The van der Waals surface area contributed by atoms with Crippen molar-refractivity contribution >= 4 is 11.0 Å². The minimum Gasteiger partial charge on any atom is -0.464 e. The Kier molecular flexibility index (Phi) is 4.43. The molecule has 0 aliphatic heterocycles. The molecule has 18 heavy (non-hydrogen) atoms. The summed E-state index contributed by atoms with van der Waals surface area (Å²) in [5.74, 6) is 0.609. The quantitative estimate of drug-likeness (QED) is 0.809. The van der Waals surface area contributed by atoms with Gasteiger partial charge in [-0.1, -0.05) is 45.4 Å². The lowest BCUT2D eigenvalue weighted by Gasteiger charge is -2.23. The Hall–Kier alpha value is -1.28. The predicted octanol–water partition coefficient (Wildman–Crippen LogP) is 4.52. The van der Waals surface area contributed by atoms with E-state index in [1.165, 1.54) is 17.4 Å². The lowest BCUT2D eigenvalue weighted by atomic mass is 9.92. The maximum atomic E-state index is 5.66. The van der Waals surface area contributed by atoms with Gasteiger partial charge in [0.25, 0.3) is 0 Å². The highest BCUT2D eigenvalue weighted by Gasteiger charge is 2.21. The molecule has 2 unspecified atom stereocenters. The van der Waals surface area contributed by atoms with Crippen LogP contribution >= 0.6 is 0 Å². The van der Waals surface area contributed by atoms with E-state index in [1.807, 2.05) is 18.4 Å². The third kappa shape index (κ3) is 2.59. The van der Waals surface area contributed by atoms with E-state index in [0.29, 0.717) is 12.0 Å². The van der Waals surface area contributed by atoms with E-state index < -0.39 is 0 Å². The molecule has 0 saturated carbocycles. The number of hydrogen-bond donors (Lipinski definition) is 1. The van der Waals surface area contributed by atoms with Gasteiger partial charge in [0.15, 0.2) is 0 Å². The molecule has 1 aromatic carbocycles. The number of hydrogen-bond acceptors (Lipinski definition) is 2. The number of para-hydroxylation sites is 1. The first kappa shape index (κ1) is 13.2. The molecular formula is C16H23NO. The molecule has 0 fully saturated rings. The molecule has 2 rings (SSSR count). The van der Waals surface area contributed by atoms with Crippen molar-refractivity contribution in [1.82, 2.24) is 5.32 Å². The van der Waals surface area contributed by atoms with Crippen LogP contribution in [0.25, 0.3) is 11.0 Å². The minimum atomic E-state index is 0.388. The van der Waals surface area contributed by atoms with Crippen molar-refractivity contribution in [3.05, 3.63) is 36.1 Å². The SMILES string of the molecule is CCCNC(c1coc2ccccc12)C(C)CC. The maximum absolute atomic E-state index is 5.66. The molecule has 0 aliphatic rings. The van der Waals surface area contributed by atoms with Gasteiger partial charge in [0.2, 0.25) is 0 Å². The first-order valence-electron chi connectivity index (χ1n) is 6.97. The Balaban J connectivity index is 2.34. The Bertz CT molecular complexity index is 489. The first-order chi connectivity index (χ1) is 8.77. The molecule has 98 valence electrons. The summed E-state index contributed by atoms with van der Waals surface area (Å²) in [6.07, 6.45) is 4.24. The Morgan fingerprint density at radius 3 is 2.72 bits per heavy atom. The highest BCUT2D eigenvalue weighted by Crippen LogP contribution is 2.31. The number of furan rings is 1. The van der Waals surface area contributed by atoms with Gasteiger partial charge < -0.3 is 9.73 Å². The van der Waals surface area contributed by atoms with Crippen LogP contribution < -0.4 is 5.32 Å². The molecule has 0 bridgehead atoms. The van der Waals surface area contributed by atoms with E-state index in [4.69, 9.17) is 4.42 Å². The second-order valence-electron chi connectivity index (χ2n) is 5.00. The van der Waals surface area contributed by atoms with Gasteiger partial charge in [0.05, 0.1) is 6.26 Å². The third-order valence-electron chi connectivity index (χ3n) is 3.67. The molecule has 2 nitrogen and oxygen atoms in total. The summed E-state index contributed by atoms with van der Waals surface area (Å²) >= 11 is 0. The van der Waals surface area contributed by atoms with Crippen LogP contribution in [0.5, 0.6) is 0 Å². The van der Waals surface area contributed by atoms with Crippen molar-refractivity contribution in [2.45, 2.75) is 39.7 Å². The van der Waals surface area contributed by atoms with Gasteiger partial charge in [0.1, 0.15) is 5.58 Å². The van der Waals surface area contributed by atoms with Crippen LogP contribution in [0.3, 0.4) is 0 Å². The molecule has 2 atom stereocenters. The minimum absolute atomic E-state index is 0.388. The molecular weight excluding hydrogens is 222 g/mol. The van der Waals surface area contributed by atoms with Gasteiger partial charge in [-0.2, -0.15) is 0 Å². The average molecular weight is 245 g/mol. The third-order valence-corrected chi connectivity index (χ3v) is 3.67. The zero-order chi connectivity index (χ0) is 13.0. The van der Waals surface area contributed by atoms with Gasteiger partial charge in [-0.25, -0.2) is 0 Å². The van der Waals surface area contributed by atoms with Gasteiger partial charge >= 0.3 is 0 Å². The Labute approximate surface area is 109 Å². The van der Waals surface area contributed by atoms with Crippen molar-refractivity contribution in [2.24, 2.45) is 5.92 Å². The smallest absolute Gasteiger partial charge is 0.134 e. The van der Waals surface area contributed by atoms with Crippen molar-refractivity contribution < 1.29 is 4.42 Å². The van der Waals surface area contributed by atoms with Crippen LogP contribution in [0, 0.1) is 5.92 Å². The highest BCUT2D eigenvalue weighted by molar-refractivity contribution is 5.81. The standard InChI is InChI=1S/C16H23NO/c1-4-10-17-16(12(3)5-2)14-11-18-15-9-7-6-8-13(14)15/h6-9,11-12,16-17H,4-5,10H2,1-3H3. The van der Waals surface area contributed by atoms with Gasteiger partial charge in [-0.05, 0) is 24.9 Å². The van der Waals surface area contributed by atoms with E-state index in [2.05, 4.69) is 38.2 Å². The summed E-state index contributed by atoms with van der Waals surface area (Å²) in [4.78, 5) is 0. The zero-order valence-corrected chi connectivity index (χ0v) is 11.6. The van der Waals surface area contributed by atoms with E-state index in [-0.39, 0.29) is 0 Å². The lowest BCUT2D eigenvalue weighted by Crippen LogP contribution is -2.27. The second kappa shape index (κ2) is 6.05. The Morgan fingerprint density at radius 2 is 2.00 bits per heavy atom. The fraction of sp³-hybridized carbons (Fsp3) is 0.500. The fourth-order valence-electron chi connectivity index (χ4n) is 2.39.